The van der Waals surface area contributed by atoms with Crippen LogP contribution in [0.15, 0.2) is 29.2 Å². The van der Waals surface area contributed by atoms with Gasteiger partial charge in [-0.2, -0.15) is 8.42 Å². The number of carbonyl (C=O) groups excluding carboxylic acids is 1. The molecular weight excluding hydrogens is 394 g/mol. The molecule has 0 aromatic heterocycles. The number of aryl methyl sites for hydroxylation is 1. The molecule has 2 fully saturated rings. The van der Waals surface area contributed by atoms with Crippen LogP contribution in [0.2, 0.25) is 0 Å². The number of piperidine rings is 1. The van der Waals surface area contributed by atoms with Gasteiger partial charge in [0.05, 0.1) is 4.90 Å². The van der Waals surface area contributed by atoms with Crippen molar-refractivity contribution in [3.63, 3.8) is 0 Å². The zero-order chi connectivity index (χ0) is 21.7. The molecule has 1 aliphatic carbocycles. The number of hydrogen-bond donors (Lipinski definition) is 2. The highest BCUT2D eigenvalue weighted by Gasteiger charge is 2.34. The third-order valence-electron chi connectivity index (χ3n) is 5.14. The largest absolute Gasteiger partial charge is 0.510 e. The summed E-state index contributed by atoms with van der Waals surface area (Å²) in [6, 6.07) is 5.99. The second-order valence-corrected chi connectivity index (χ2v) is 10.2. The predicted molar refractivity (Wildman–Crippen MR) is 110 cm³/mol. The molecule has 164 valence electrons. The summed E-state index contributed by atoms with van der Waals surface area (Å²) < 4.78 is 40.1. The first-order valence-electron chi connectivity index (χ1n) is 10.1. The molecule has 1 aromatic carbocycles. The van der Waals surface area contributed by atoms with Gasteiger partial charge in [-0.05, 0) is 64.5 Å². The predicted octanol–water partition coefficient (Wildman–Crippen LogP) is 4.31. The molecule has 3 atom stereocenters. The second kappa shape index (κ2) is 9.91. The maximum Gasteiger partial charge on any atom is 0.510 e. The molecule has 7 nitrogen and oxygen atoms in total. The number of carbonyl (C=O) groups is 1. The van der Waals surface area contributed by atoms with E-state index in [0.29, 0.717) is 5.92 Å². The first-order valence-corrected chi connectivity index (χ1v) is 11.6. The van der Waals surface area contributed by atoms with Crippen LogP contribution in [0, 0.1) is 18.8 Å². The van der Waals surface area contributed by atoms with Crippen molar-refractivity contribution >= 4 is 16.3 Å². The van der Waals surface area contributed by atoms with Gasteiger partial charge in [0.15, 0.2) is 6.23 Å². The highest BCUT2D eigenvalue weighted by molar-refractivity contribution is 7.85. The van der Waals surface area contributed by atoms with E-state index in [-0.39, 0.29) is 11.1 Å². The summed E-state index contributed by atoms with van der Waals surface area (Å²) in [5.41, 5.74) is 0.469. The summed E-state index contributed by atoms with van der Waals surface area (Å²) in [4.78, 5) is 11.5. The van der Waals surface area contributed by atoms with Gasteiger partial charge < -0.3 is 9.47 Å². The van der Waals surface area contributed by atoms with E-state index < -0.39 is 21.9 Å². The lowest BCUT2D eigenvalue weighted by Crippen LogP contribution is -2.47. The fraction of sp³-hybridized carbons (Fsp3) is 0.667. The summed E-state index contributed by atoms with van der Waals surface area (Å²) in [5, 5.41) is 3.31. The van der Waals surface area contributed by atoms with Crippen molar-refractivity contribution in [3.8, 4) is 0 Å². The normalized spacial score (nSPS) is 24.5. The highest BCUT2D eigenvalue weighted by Crippen LogP contribution is 2.35. The second-order valence-electron chi connectivity index (χ2n) is 8.81. The molecule has 8 heteroatoms. The van der Waals surface area contributed by atoms with Crippen LogP contribution in [-0.2, 0) is 19.6 Å². The Labute approximate surface area is 173 Å². The van der Waals surface area contributed by atoms with Crippen molar-refractivity contribution in [1.82, 2.24) is 5.32 Å². The van der Waals surface area contributed by atoms with Crippen molar-refractivity contribution in [3.05, 3.63) is 29.8 Å². The average Bonchev–Trinajstić information content (AvgIpc) is 2.60. The van der Waals surface area contributed by atoms with Gasteiger partial charge in [0.25, 0.3) is 10.1 Å². The summed E-state index contributed by atoms with van der Waals surface area (Å²) in [6.45, 7) is 8.35. The zero-order valence-corrected chi connectivity index (χ0v) is 18.5. The molecule has 3 rings (SSSR count). The Kier molecular flexibility index (Phi) is 8.08. The van der Waals surface area contributed by atoms with Gasteiger partial charge >= 0.3 is 6.16 Å². The molecule has 29 heavy (non-hydrogen) atoms. The van der Waals surface area contributed by atoms with Crippen LogP contribution in [-0.4, -0.2) is 37.5 Å². The summed E-state index contributed by atoms with van der Waals surface area (Å²) in [6.07, 6.45) is 5.47. The van der Waals surface area contributed by atoms with Crippen LogP contribution < -0.4 is 5.32 Å². The van der Waals surface area contributed by atoms with Gasteiger partial charge in [0, 0.05) is 13.0 Å². The fourth-order valence-electron chi connectivity index (χ4n) is 3.69. The maximum absolute atomic E-state index is 11.6. The van der Waals surface area contributed by atoms with Crippen molar-refractivity contribution in [2.24, 2.45) is 11.8 Å². The molecule has 0 bridgehead atoms. The SMILES string of the molecule is CC(C)(C)OC(=O)OC1CC2CCCCC2CN1.Cc1ccc(S(=O)(=O)O)cc1. The lowest BCUT2D eigenvalue weighted by Gasteiger charge is -2.39. The van der Waals surface area contributed by atoms with Crippen molar-refractivity contribution in [1.29, 1.82) is 0 Å². The third-order valence-corrected chi connectivity index (χ3v) is 6.01. The van der Waals surface area contributed by atoms with E-state index >= 15 is 0 Å². The molecule has 1 aliphatic heterocycles. The molecule has 1 saturated heterocycles. The number of rotatable bonds is 2. The molecule has 1 heterocycles. The minimum atomic E-state index is -4.02. The number of benzene rings is 1. The van der Waals surface area contributed by atoms with E-state index in [2.05, 4.69) is 5.32 Å². The quantitative estimate of drug-likeness (QED) is 0.536. The highest BCUT2D eigenvalue weighted by atomic mass is 32.2. The Hall–Kier alpha value is -1.64. The molecule has 2 N–H and O–H groups in total. The van der Waals surface area contributed by atoms with E-state index in [4.69, 9.17) is 14.0 Å². The summed E-state index contributed by atoms with van der Waals surface area (Å²) >= 11 is 0. The fourth-order valence-corrected chi connectivity index (χ4v) is 4.17. The molecular formula is C21H33NO6S. The Bertz CT molecular complexity index is 769. The van der Waals surface area contributed by atoms with Crippen molar-refractivity contribution < 1.29 is 27.2 Å². The standard InChI is InChI=1S/C14H25NO3.C7H8O3S/c1-14(2,3)18-13(16)17-12-8-10-6-4-5-7-11(10)9-15-12;1-6-2-4-7(5-3-6)11(8,9)10/h10-12,15H,4-9H2,1-3H3;2-5H,1H3,(H,8,9,10). The molecule has 0 radical (unpaired) electrons. The molecule has 1 saturated carbocycles. The van der Waals surface area contributed by atoms with E-state index in [1.807, 2.05) is 27.7 Å². The van der Waals surface area contributed by atoms with Crippen molar-refractivity contribution in [2.45, 2.75) is 76.5 Å². The van der Waals surface area contributed by atoms with E-state index in [9.17, 15) is 13.2 Å². The molecule has 1 aromatic rings. The van der Waals surface area contributed by atoms with Crippen LogP contribution in [0.3, 0.4) is 0 Å². The van der Waals surface area contributed by atoms with Crippen molar-refractivity contribution in [2.75, 3.05) is 6.54 Å². The lowest BCUT2D eigenvalue weighted by atomic mass is 9.75. The van der Waals surface area contributed by atoms with Crippen LogP contribution in [0.25, 0.3) is 0 Å². The number of ether oxygens (including phenoxy) is 2. The van der Waals surface area contributed by atoms with Gasteiger partial charge in [-0.15, -0.1) is 0 Å². The summed E-state index contributed by atoms with van der Waals surface area (Å²) in [5.74, 6) is 1.49. The topological polar surface area (TPSA) is 102 Å². The third kappa shape index (κ3) is 8.32. The first kappa shape index (κ1) is 23.6. The smallest absolute Gasteiger partial charge is 0.429 e. The Morgan fingerprint density at radius 2 is 1.69 bits per heavy atom. The van der Waals surface area contributed by atoms with Gasteiger partial charge in [-0.25, -0.2) is 4.79 Å². The Morgan fingerprint density at radius 3 is 2.24 bits per heavy atom. The van der Waals surface area contributed by atoms with Crippen LogP contribution in [0.1, 0.15) is 58.4 Å². The minimum absolute atomic E-state index is 0.0666. The molecule has 0 amide bonds. The van der Waals surface area contributed by atoms with E-state index in [1.165, 1.54) is 37.8 Å². The summed E-state index contributed by atoms with van der Waals surface area (Å²) in [7, 11) is -4.02. The van der Waals surface area contributed by atoms with E-state index in [1.54, 1.807) is 12.1 Å². The Morgan fingerprint density at radius 1 is 1.10 bits per heavy atom. The van der Waals surface area contributed by atoms with Gasteiger partial charge in [0.2, 0.25) is 0 Å². The van der Waals surface area contributed by atoms with Gasteiger partial charge in [-0.1, -0.05) is 30.5 Å². The molecule has 2 aliphatic rings. The van der Waals surface area contributed by atoms with Gasteiger partial charge in [0.1, 0.15) is 5.60 Å². The van der Waals surface area contributed by atoms with E-state index in [0.717, 1.165) is 24.4 Å². The number of fused-ring (bicyclic) bond motifs is 1. The van der Waals surface area contributed by atoms with Crippen LogP contribution in [0.4, 0.5) is 4.79 Å². The number of hydrogen-bond acceptors (Lipinski definition) is 6. The first-order chi connectivity index (χ1) is 13.4. The maximum atomic E-state index is 11.6. The zero-order valence-electron chi connectivity index (χ0n) is 17.7. The monoisotopic (exact) mass is 427 g/mol. The minimum Gasteiger partial charge on any atom is -0.429 e. The molecule has 3 unspecified atom stereocenters. The Balaban J connectivity index is 0.000000234. The van der Waals surface area contributed by atoms with Crippen LogP contribution in [0.5, 0.6) is 0 Å². The van der Waals surface area contributed by atoms with Crippen LogP contribution >= 0.6 is 0 Å². The van der Waals surface area contributed by atoms with Gasteiger partial charge in [-0.3, -0.25) is 9.87 Å². The molecule has 0 spiro atoms. The average molecular weight is 428 g/mol. The number of nitrogens with one attached hydrogen (secondary N) is 1. The lowest BCUT2D eigenvalue weighted by molar-refractivity contribution is -0.0533.